The van der Waals surface area contributed by atoms with Crippen LogP contribution < -0.4 is 11.3 Å². The lowest BCUT2D eigenvalue weighted by Gasteiger charge is -2.08. The molecule has 0 aliphatic rings. The topological polar surface area (TPSA) is 98.8 Å². The number of H-pyrrole nitrogens is 1. The Bertz CT molecular complexity index is 544. The maximum atomic E-state index is 11.9. The van der Waals surface area contributed by atoms with Gasteiger partial charge in [-0.3, -0.25) is 9.36 Å². The zero-order valence-electron chi connectivity index (χ0n) is 8.93. The molecule has 2 aromatic heterocycles. The third-order valence-corrected chi connectivity index (χ3v) is 2.14. The monoisotopic (exact) mass is 223 g/mol. The third-order valence-electron chi connectivity index (χ3n) is 2.14. The summed E-state index contributed by atoms with van der Waals surface area (Å²) < 4.78 is 6.54. The minimum absolute atomic E-state index is 0.112. The Morgan fingerprint density at radius 2 is 2.44 bits per heavy atom. The van der Waals surface area contributed by atoms with E-state index in [1.165, 1.54) is 10.9 Å². The molecule has 0 bridgehead atoms. The number of nitrogens with one attached hydrogen (secondary N) is 1. The van der Waals surface area contributed by atoms with Crippen molar-refractivity contribution < 1.29 is 4.74 Å². The SMILES string of the molecule is CCCOCn1c(N)nc2nc[nH]c2c1=O. The van der Waals surface area contributed by atoms with Crippen molar-refractivity contribution in [3.05, 3.63) is 16.7 Å². The fourth-order valence-electron chi connectivity index (χ4n) is 1.36. The van der Waals surface area contributed by atoms with Crippen LogP contribution in [0.15, 0.2) is 11.1 Å². The average Bonchev–Trinajstić information content (AvgIpc) is 2.71. The molecule has 0 saturated carbocycles. The highest BCUT2D eigenvalue weighted by Gasteiger charge is 2.09. The number of ether oxygens (including phenoxy) is 1. The first-order valence-corrected chi connectivity index (χ1v) is 5.01. The van der Waals surface area contributed by atoms with Gasteiger partial charge in [-0.15, -0.1) is 0 Å². The summed E-state index contributed by atoms with van der Waals surface area (Å²) in [5.41, 5.74) is 6.05. The number of imidazole rings is 1. The van der Waals surface area contributed by atoms with Gasteiger partial charge in [-0.25, -0.2) is 4.98 Å². The van der Waals surface area contributed by atoms with Gasteiger partial charge in [0.1, 0.15) is 6.73 Å². The van der Waals surface area contributed by atoms with Gasteiger partial charge >= 0.3 is 0 Å². The van der Waals surface area contributed by atoms with Crippen molar-refractivity contribution in [2.45, 2.75) is 20.1 Å². The van der Waals surface area contributed by atoms with Crippen molar-refractivity contribution in [1.29, 1.82) is 0 Å². The first-order chi connectivity index (χ1) is 7.74. The van der Waals surface area contributed by atoms with Gasteiger partial charge in [0.15, 0.2) is 11.2 Å². The van der Waals surface area contributed by atoms with E-state index in [1.807, 2.05) is 6.92 Å². The Morgan fingerprint density at radius 1 is 1.62 bits per heavy atom. The normalized spacial score (nSPS) is 11.1. The zero-order valence-corrected chi connectivity index (χ0v) is 8.93. The van der Waals surface area contributed by atoms with Crippen molar-refractivity contribution in [3.8, 4) is 0 Å². The highest BCUT2D eigenvalue weighted by molar-refractivity contribution is 5.69. The molecule has 0 spiro atoms. The van der Waals surface area contributed by atoms with Crippen molar-refractivity contribution >= 4 is 17.1 Å². The second kappa shape index (κ2) is 4.31. The summed E-state index contributed by atoms with van der Waals surface area (Å²) in [4.78, 5) is 22.5. The number of fused-ring (bicyclic) bond motifs is 1. The molecule has 86 valence electrons. The van der Waals surface area contributed by atoms with Gasteiger partial charge in [0, 0.05) is 6.61 Å². The molecule has 7 heteroatoms. The van der Waals surface area contributed by atoms with Gasteiger partial charge in [-0.05, 0) is 6.42 Å². The van der Waals surface area contributed by atoms with E-state index in [9.17, 15) is 4.79 Å². The Hall–Kier alpha value is -1.89. The lowest BCUT2D eigenvalue weighted by Crippen LogP contribution is -2.25. The van der Waals surface area contributed by atoms with Crippen LogP contribution in [0.25, 0.3) is 11.2 Å². The number of nitrogens with two attached hydrogens (primary N) is 1. The molecule has 0 fully saturated rings. The molecule has 3 N–H and O–H groups in total. The van der Waals surface area contributed by atoms with E-state index in [1.54, 1.807) is 0 Å². The summed E-state index contributed by atoms with van der Waals surface area (Å²) >= 11 is 0. The second-order valence-electron chi connectivity index (χ2n) is 3.34. The van der Waals surface area contributed by atoms with Gasteiger partial charge in [0.25, 0.3) is 5.56 Å². The summed E-state index contributed by atoms with van der Waals surface area (Å²) in [6.07, 6.45) is 2.30. The molecule has 0 aliphatic heterocycles. The van der Waals surface area contributed by atoms with Gasteiger partial charge in [-0.1, -0.05) is 6.92 Å². The standard InChI is InChI=1S/C9H13N5O2/c1-2-3-16-5-14-8(15)6-7(12-4-11-6)13-9(14)10/h4H,2-3,5H2,1H3,(H2,10,13)(H,11,12). The van der Waals surface area contributed by atoms with Crippen LogP contribution in [0.4, 0.5) is 5.95 Å². The van der Waals surface area contributed by atoms with Gasteiger partial charge in [0.2, 0.25) is 5.95 Å². The van der Waals surface area contributed by atoms with Gasteiger partial charge in [-0.2, -0.15) is 4.98 Å². The lowest BCUT2D eigenvalue weighted by molar-refractivity contribution is 0.0764. The smallest absolute Gasteiger partial charge is 0.282 e. The molecule has 0 radical (unpaired) electrons. The summed E-state index contributed by atoms with van der Waals surface area (Å²) in [5.74, 6) is 0.112. The number of nitrogen functional groups attached to an aromatic ring is 1. The molecule has 16 heavy (non-hydrogen) atoms. The van der Waals surface area contributed by atoms with E-state index < -0.39 is 0 Å². The van der Waals surface area contributed by atoms with Crippen molar-refractivity contribution in [2.75, 3.05) is 12.3 Å². The molecular weight excluding hydrogens is 210 g/mol. The van der Waals surface area contributed by atoms with E-state index >= 15 is 0 Å². The Morgan fingerprint density at radius 3 is 3.19 bits per heavy atom. The summed E-state index contributed by atoms with van der Waals surface area (Å²) in [6.45, 7) is 2.68. The molecule has 2 heterocycles. The van der Waals surface area contributed by atoms with Gasteiger partial charge in [0.05, 0.1) is 6.33 Å². The van der Waals surface area contributed by atoms with Crippen LogP contribution >= 0.6 is 0 Å². The summed E-state index contributed by atoms with van der Waals surface area (Å²) in [5, 5.41) is 0. The highest BCUT2D eigenvalue weighted by atomic mass is 16.5. The Labute approximate surface area is 91.3 Å². The van der Waals surface area contributed by atoms with Crippen molar-refractivity contribution in [2.24, 2.45) is 0 Å². The molecule has 2 rings (SSSR count). The molecule has 0 amide bonds. The van der Waals surface area contributed by atoms with E-state index in [4.69, 9.17) is 10.5 Å². The van der Waals surface area contributed by atoms with Crippen LogP contribution in [-0.4, -0.2) is 26.1 Å². The van der Waals surface area contributed by atoms with E-state index in [0.717, 1.165) is 6.42 Å². The fraction of sp³-hybridized carbons (Fsp3) is 0.444. The predicted molar refractivity (Wildman–Crippen MR) is 58.8 cm³/mol. The summed E-state index contributed by atoms with van der Waals surface area (Å²) in [7, 11) is 0. The number of rotatable bonds is 4. The summed E-state index contributed by atoms with van der Waals surface area (Å²) in [6, 6.07) is 0. The fourth-order valence-corrected chi connectivity index (χ4v) is 1.36. The maximum Gasteiger partial charge on any atom is 0.282 e. The Balaban J connectivity index is 2.39. The van der Waals surface area contributed by atoms with Crippen LogP contribution in [0, 0.1) is 0 Å². The number of aromatic amines is 1. The molecule has 0 saturated heterocycles. The van der Waals surface area contributed by atoms with E-state index in [-0.39, 0.29) is 18.2 Å². The first-order valence-electron chi connectivity index (χ1n) is 5.01. The second-order valence-corrected chi connectivity index (χ2v) is 3.34. The van der Waals surface area contributed by atoms with E-state index in [2.05, 4.69) is 15.0 Å². The third kappa shape index (κ3) is 1.76. The largest absolute Gasteiger partial charge is 0.369 e. The molecule has 7 nitrogen and oxygen atoms in total. The quantitative estimate of drug-likeness (QED) is 0.715. The predicted octanol–water partition coefficient (Wildman–Crippen LogP) is 0.0859. The molecule has 2 aromatic rings. The maximum absolute atomic E-state index is 11.9. The zero-order chi connectivity index (χ0) is 11.5. The minimum Gasteiger partial charge on any atom is -0.369 e. The number of hydrogen-bond donors (Lipinski definition) is 2. The van der Waals surface area contributed by atoms with E-state index in [0.29, 0.717) is 17.8 Å². The van der Waals surface area contributed by atoms with Crippen LogP contribution in [0.5, 0.6) is 0 Å². The van der Waals surface area contributed by atoms with Crippen molar-refractivity contribution in [1.82, 2.24) is 19.5 Å². The number of aromatic nitrogens is 4. The van der Waals surface area contributed by atoms with Gasteiger partial charge < -0.3 is 15.5 Å². The van der Waals surface area contributed by atoms with Crippen LogP contribution in [0.1, 0.15) is 13.3 Å². The number of anilines is 1. The van der Waals surface area contributed by atoms with Crippen LogP contribution in [0.2, 0.25) is 0 Å². The molecule has 0 atom stereocenters. The first kappa shape index (κ1) is 10.6. The van der Waals surface area contributed by atoms with Crippen LogP contribution in [0.3, 0.4) is 0 Å². The average molecular weight is 223 g/mol. The molecule has 0 unspecified atom stereocenters. The number of hydrogen-bond acceptors (Lipinski definition) is 5. The number of nitrogens with zero attached hydrogens (tertiary/aromatic N) is 3. The Kier molecular flexibility index (Phi) is 2.86. The molecule has 0 aromatic carbocycles. The highest BCUT2D eigenvalue weighted by Crippen LogP contribution is 2.03. The molecular formula is C9H13N5O2. The molecule has 0 aliphatic carbocycles. The van der Waals surface area contributed by atoms with Crippen molar-refractivity contribution in [3.63, 3.8) is 0 Å². The minimum atomic E-state index is -0.267. The van der Waals surface area contributed by atoms with Crippen LogP contribution in [-0.2, 0) is 11.5 Å². The lowest BCUT2D eigenvalue weighted by atomic mass is 10.5.